The lowest BCUT2D eigenvalue weighted by molar-refractivity contribution is 0.601. The van der Waals surface area contributed by atoms with E-state index in [1.807, 2.05) is 18.7 Å². The summed E-state index contributed by atoms with van der Waals surface area (Å²) in [6, 6.07) is 7.68. The molecule has 8 heteroatoms. The number of anilines is 3. The zero-order valence-electron chi connectivity index (χ0n) is 12.5. The van der Waals surface area contributed by atoms with Crippen LogP contribution in [0, 0.1) is 0 Å². The lowest BCUT2D eigenvalue weighted by Gasteiger charge is -2.19. The third kappa shape index (κ3) is 3.64. The summed E-state index contributed by atoms with van der Waals surface area (Å²) in [4.78, 5) is 10.3. The Bertz CT molecular complexity index is 727. The second-order valence-electron chi connectivity index (χ2n) is 4.59. The first-order valence-corrected chi connectivity index (χ1v) is 8.41. The van der Waals surface area contributed by atoms with Gasteiger partial charge in [0.15, 0.2) is 0 Å². The minimum Gasteiger partial charge on any atom is -0.399 e. The molecule has 0 fully saturated rings. The molecular formula is C14H19N5O2S. The number of hydrogen-bond acceptors (Lipinski definition) is 6. The molecule has 0 aliphatic carbocycles. The van der Waals surface area contributed by atoms with Gasteiger partial charge in [-0.2, -0.15) is 4.98 Å². The monoisotopic (exact) mass is 321 g/mol. The van der Waals surface area contributed by atoms with Crippen LogP contribution >= 0.6 is 0 Å². The van der Waals surface area contributed by atoms with Crippen LogP contribution in [0.4, 0.5) is 17.5 Å². The molecule has 0 saturated carbocycles. The van der Waals surface area contributed by atoms with E-state index in [0.29, 0.717) is 11.5 Å². The van der Waals surface area contributed by atoms with Crippen molar-refractivity contribution in [3.63, 3.8) is 0 Å². The van der Waals surface area contributed by atoms with Crippen LogP contribution in [-0.2, 0) is 10.0 Å². The Morgan fingerprint density at radius 1 is 1.14 bits per heavy atom. The lowest BCUT2D eigenvalue weighted by atomic mass is 10.3. The first-order chi connectivity index (χ1) is 10.5. The summed E-state index contributed by atoms with van der Waals surface area (Å²) in [6.45, 7) is 5.56. The molecule has 0 bridgehead atoms. The van der Waals surface area contributed by atoms with Crippen molar-refractivity contribution in [2.24, 2.45) is 0 Å². The molecule has 0 amide bonds. The SMILES string of the molecule is CCN(CC)c1ccnc(NS(=O)(=O)c2ccc(N)cc2)n1. The Balaban J connectivity index is 2.26. The number of benzene rings is 1. The molecule has 0 radical (unpaired) electrons. The lowest BCUT2D eigenvalue weighted by Crippen LogP contribution is -2.24. The van der Waals surface area contributed by atoms with E-state index < -0.39 is 10.0 Å². The van der Waals surface area contributed by atoms with Gasteiger partial charge in [-0.05, 0) is 44.2 Å². The smallest absolute Gasteiger partial charge is 0.264 e. The maximum absolute atomic E-state index is 12.3. The van der Waals surface area contributed by atoms with Crippen LogP contribution in [0.3, 0.4) is 0 Å². The predicted molar refractivity (Wildman–Crippen MR) is 87.3 cm³/mol. The molecular weight excluding hydrogens is 302 g/mol. The van der Waals surface area contributed by atoms with E-state index >= 15 is 0 Å². The van der Waals surface area contributed by atoms with E-state index in [1.54, 1.807) is 6.07 Å². The van der Waals surface area contributed by atoms with Crippen LogP contribution in [-0.4, -0.2) is 31.5 Å². The first kappa shape index (κ1) is 16.0. The number of nitrogens with two attached hydrogens (primary N) is 1. The van der Waals surface area contributed by atoms with Gasteiger partial charge in [-0.3, -0.25) is 0 Å². The molecule has 0 unspecified atom stereocenters. The molecule has 0 aliphatic rings. The third-order valence-electron chi connectivity index (χ3n) is 3.14. The summed E-state index contributed by atoms with van der Waals surface area (Å²) in [5.74, 6) is 0.719. The highest BCUT2D eigenvalue weighted by Crippen LogP contribution is 2.17. The van der Waals surface area contributed by atoms with Crippen LogP contribution in [0.2, 0.25) is 0 Å². The molecule has 3 N–H and O–H groups in total. The number of aromatic nitrogens is 2. The molecule has 22 heavy (non-hydrogen) atoms. The quantitative estimate of drug-likeness (QED) is 0.785. The van der Waals surface area contributed by atoms with Crippen LogP contribution in [0.15, 0.2) is 41.4 Å². The van der Waals surface area contributed by atoms with Crippen molar-refractivity contribution in [3.05, 3.63) is 36.5 Å². The van der Waals surface area contributed by atoms with Gasteiger partial charge in [-0.25, -0.2) is 18.1 Å². The van der Waals surface area contributed by atoms with Gasteiger partial charge < -0.3 is 10.6 Å². The number of nitrogens with one attached hydrogen (secondary N) is 1. The van der Waals surface area contributed by atoms with Gasteiger partial charge in [-0.15, -0.1) is 0 Å². The molecule has 2 aromatic rings. The number of nitrogens with zero attached hydrogens (tertiary/aromatic N) is 3. The van der Waals surface area contributed by atoms with Crippen molar-refractivity contribution in [1.82, 2.24) is 9.97 Å². The average Bonchev–Trinajstić information content (AvgIpc) is 2.49. The molecule has 1 aromatic carbocycles. The minimum absolute atomic E-state index is 0.0428. The molecule has 7 nitrogen and oxygen atoms in total. The fraction of sp³-hybridized carbons (Fsp3) is 0.286. The topological polar surface area (TPSA) is 101 Å². The Hall–Kier alpha value is -2.35. The van der Waals surface area contributed by atoms with Gasteiger partial charge in [0, 0.05) is 25.0 Å². The highest BCUT2D eigenvalue weighted by molar-refractivity contribution is 7.92. The van der Waals surface area contributed by atoms with E-state index in [2.05, 4.69) is 14.7 Å². The van der Waals surface area contributed by atoms with Crippen molar-refractivity contribution in [1.29, 1.82) is 0 Å². The standard InChI is InChI=1S/C14H19N5O2S/c1-3-19(4-2)13-9-10-16-14(17-13)18-22(20,21)12-7-5-11(15)6-8-12/h5-10H,3-4,15H2,1-2H3,(H,16,17,18). The Kier molecular flexibility index (Phi) is 4.81. The third-order valence-corrected chi connectivity index (χ3v) is 4.49. The molecule has 2 rings (SSSR count). The first-order valence-electron chi connectivity index (χ1n) is 6.92. The molecule has 0 spiro atoms. The Morgan fingerprint density at radius 2 is 1.77 bits per heavy atom. The summed E-state index contributed by atoms with van der Waals surface area (Å²) in [5.41, 5.74) is 6.06. The van der Waals surface area contributed by atoms with Gasteiger partial charge >= 0.3 is 0 Å². The van der Waals surface area contributed by atoms with E-state index in [-0.39, 0.29) is 10.8 Å². The second kappa shape index (κ2) is 6.61. The van der Waals surface area contributed by atoms with E-state index in [9.17, 15) is 8.42 Å². The Labute approximate surface area is 130 Å². The fourth-order valence-corrected chi connectivity index (χ4v) is 2.90. The molecule has 0 aliphatic heterocycles. The number of nitrogen functional groups attached to an aromatic ring is 1. The molecule has 0 atom stereocenters. The summed E-state index contributed by atoms with van der Waals surface area (Å²) in [6.07, 6.45) is 1.53. The maximum atomic E-state index is 12.3. The van der Waals surface area contributed by atoms with Crippen molar-refractivity contribution < 1.29 is 8.42 Å². The highest BCUT2D eigenvalue weighted by atomic mass is 32.2. The zero-order chi connectivity index (χ0) is 16.2. The number of rotatable bonds is 6. The number of sulfonamides is 1. The minimum atomic E-state index is -3.74. The maximum Gasteiger partial charge on any atom is 0.264 e. The average molecular weight is 321 g/mol. The highest BCUT2D eigenvalue weighted by Gasteiger charge is 2.16. The van der Waals surface area contributed by atoms with Gasteiger partial charge in [-0.1, -0.05) is 0 Å². The molecule has 1 aromatic heterocycles. The van der Waals surface area contributed by atoms with Crippen molar-refractivity contribution in [2.75, 3.05) is 28.4 Å². The van der Waals surface area contributed by atoms with Crippen molar-refractivity contribution in [2.45, 2.75) is 18.7 Å². The molecule has 0 saturated heterocycles. The van der Waals surface area contributed by atoms with Crippen LogP contribution in [0.25, 0.3) is 0 Å². The van der Waals surface area contributed by atoms with Gasteiger partial charge in [0.05, 0.1) is 4.90 Å². The van der Waals surface area contributed by atoms with E-state index in [0.717, 1.165) is 13.1 Å². The summed E-state index contributed by atoms with van der Waals surface area (Å²) < 4.78 is 27.0. The molecule has 118 valence electrons. The van der Waals surface area contributed by atoms with Gasteiger partial charge in [0.25, 0.3) is 10.0 Å². The van der Waals surface area contributed by atoms with E-state index in [4.69, 9.17) is 5.73 Å². The largest absolute Gasteiger partial charge is 0.399 e. The predicted octanol–water partition coefficient (Wildman–Crippen LogP) is 1.71. The van der Waals surface area contributed by atoms with Crippen molar-refractivity contribution in [3.8, 4) is 0 Å². The number of hydrogen-bond donors (Lipinski definition) is 2. The summed E-state index contributed by atoms with van der Waals surface area (Å²) >= 11 is 0. The van der Waals surface area contributed by atoms with E-state index in [1.165, 1.54) is 30.5 Å². The normalized spacial score (nSPS) is 11.2. The van der Waals surface area contributed by atoms with Crippen molar-refractivity contribution >= 4 is 27.5 Å². The van der Waals surface area contributed by atoms with Gasteiger partial charge in [0.1, 0.15) is 5.82 Å². The zero-order valence-corrected chi connectivity index (χ0v) is 13.3. The van der Waals surface area contributed by atoms with Crippen LogP contribution < -0.4 is 15.4 Å². The fourth-order valence-electron chi connectivity index (χ4n) is 1.95. The summed E-state index contributed by atoms with van der Waals surface area (Å²) in [7, 11) is -3.74. The van der Waals surface area contributed by atoms with Crippen LogP contribution in [0.5, 0.6) is 0 Å². The summed E-state index contributed by atoms with van der Waals surface area (Å²) in [5, 5.41) is 0. The Morgan fingerprint density at radius 3 is 2.36 bits per heavy atom. The van der Waals surface area contributed by atoms with Gasteiger partial charge in [0.2, 0.25) is 5.95 Å². The molecule has 1 heterocycles. The van der Waals surface area contributed by atoms with Crippen LogP contribution in [0.1, 0.15) is 13.8 Å². The second-order valence-corrected chi connectivity index (χ2v) is 6.27.